The Balaban J connectivity index is 1.24. The van der Waals surface area contributed by atoms with E-state index in [1.807, 2.05) is 17.0 Å². The van der Waals surface area contributed by atoms with Gasteiger partial charge in [0.15, 0.2) is 0 Å². The molecule has 0 spiro atoms. The van der Waals surface area contributed by atoms with Crippen LogP contribution in [0.4, 0.5) is 0 Å². The molecule has 6 heteroatoms. The minimum atomic E-state index is 0.143. The van der Waals surface area contributed by atoms with Crippen LogP contribution >= 0.6 is 0 Å². The number of nitrogens with zero attached hydrogens (tertiary/aromatic N) is 3. The van der Waals surface area contributed by atoms with Gasteiger partial charge < -0.3 is 10.2 Å². The van der Waals surface area contributed by atoms with Crippen molar-refractivity contribution < 1.29 is 9.59 Å². The number of likely N-dealkylation sites (tertiary alicyclic amines) is 2. The molecule has 6 nitrogen and oxygen atoms in total. The van der Waals surface area contributed by atoms with Gasteiger partial charge in [-0.3, -0.25) is 19.5 Å². The molecule has 0 unspecified atom stereocenters. The van der Waals surface area contributed by atoms with Crippen LogP contribution in [-0.4, -0.2) is 64.9 Å². The molecule has 146 valence electrons. The summed E-state index contributed by atoms with van der Waals surface area (Å²) in [5.74, 6) is 0.595. The van der Waals surface area contributed by atoms with Crippen LogP contribution in [0.5, 0.6) is 0 Å². The number of carbonyl (C=O) groups excluding carboxylic acids is 2. The van der Waals surface area contributed by atoms with Gasteiger partial charge in [0, 0.05) is 44.1 Å². The van der Waals surface area contributed by atoms with E-state index < -0.39 is 0 Å². The summed E-state index contributed by atoms with van der Waals surface area (Å²) in [4.78, 5) is 33.5. The fourth-order valence-corrected chi connectivity index (χ4v) is 4.37. The van der Waals surface area contributed by atoms with Gasteiger partial charge in [0.05, 0.1) is 12.3 Å². The quantitative estimate of drug-likeness (QED) is 0.855. The molecular formula is C21H30N4O2. The highest BCUT2D eigenvalue weighted by Crippen LogP contribution is 2.26. The van der Waals surface area contributed by atoms with Gasteiger partial charge in [0.1, 0.15) is 0 Å². The van der Waals surface area contributed by atoms with Gasteiger partial charge >= 0.3 is 0 Å². The Hall–Kier alpha value is -1.95. The van der Waals surface area contributed by atoms with Crippen LogP contribution in [0.1, 0.15) is 44.1 Å². The van der Waals surface area contributed by atoms with Crippen LogP contribution < -0.4 is 5.32 Å². The van der Waals surface area contributed by atoms with Gasteiger partial charge in [-0.1, -0.05) is 6.07 Å². The van der Waals surface area contributed by atoms with Crippen LogP contribution in [0, 0.1) is 5.92 Å². The van der Waals surface area contributed by atoms with Crippen molar-refractivity contribution in [1.82, 2.24) is 20.1 Å². The topological polar surface area (TPSA) is 65.5 Å². The first-order valence-electron chi connectivity index (χ1n) is 10.4. The Morgan fingerprint density at radius 2 is 1.93 bits per heavy atom. The fraction of sp³-hybridized carbons (Fsp3) is 0.667. The van der Waals surface area contributed by atoms with Gasteiger partial charge in [0.25, 0.3) is 0 Å². The summed E-state index contributed by atoms with van der Waals surface area (Å²) in [7, 11) is 0. The number of hydrogen-bond acceptors (Lipinski definition) is 4. The highest BCUT2D eigenvalue weighted by molar-refractivity contribution is 5.79. The number of nitrogens with one attached hydrogen (secondary N) is 1. The van der Waals surface area contributed by atoms with Crippen molar-refractivity contribution in [2.75, 3.05) is 26.2 Å². The lowest BCUT2D eigenvalue weighted by Crippen LogP contribution is -2.51. The van der Waals surface area contributed by atoms with Crippen LogP contribution in [0.15, 0.2) is 24.5 Å². The number of piperidine rings is 2. The van der Waals surface area contributed by atoms with Crippen molar-refractivity contribution in [3.8, 4) is 0 Å². The SMILES string of the molecule is O=C(NC1CC1)[C@H]1CCCN(C2CCN(C(=O)Cc3cccnc3)CC2)C1. The summed E-state index contributed by atoms with van der Waals surface area (Å²) >= 11 is 0. The van der Waals surface area contributed by atoms with Crippen LogP contribution in [-0.2, 0) is 16.0 Å². The standard InChI is InChI=1S/C21H30N4O2/c26-20(13-16-3-1-9-22-14-16)24-11-7-19(8-12-24)25-10-2-4-17(15-25)21(27)23-18-5-6-18/h1,3,9,14,17-19H,2,4-8,10-13,15H2,(H,23,27)/t17-/m0/s1. The molecule has 1 aliphatic carbocycles. The average Bonchev–Trinajstić information content (AvgIpc) is 3.53. The smallest absolute Gasteiger partial charge is 0.227 e. The summed E-state index contributed by atoms with van der Waals surface area (Å²) in [6.07, 6.45) is 10.4. The first-order valence-corrected chi connectivity index (χ1v) is 10.4. The Labute approximate surface area is 161 Å². The molecule has 1 N–H and O–H groups in total. The number of carbonyl (C=O) groups is 2. The molecule has 2 amide bonds. The molecule has 2 saturated heterocycles. The summed E-state index contributed by atoms with van der Waals surface area (Å²) in [5.41, 5.74) is 0.977. The van der Waals surface area contributed by atoms with Crippen molar-refractivity contribution in [3.63, 3.8) is 0 Å². The fourth-order valence-electron chi connectivity index (χ4n) is 4.37. The molecule has 3 aliphatic rings. The maximum absolute atomic E-state index is 12.5. The summed E-state index contributed by atoms with van der Waals surface area (Å²) in [6.45, 7) is 3.60. The molecule has 1 aromatic heterocycles. The lowest BCUT2D eigenvalue weighted by molar-refractivity contribution is -0.132. The predicted molar refractivity (Wildman–Crippen MR) is 103 cm³/mol. The number of rotatable bonds is 5. The predicted octanol–water partition coefficient (Wildman–Crippen LogP) is 1.61. The molecule has 1 saturated carbocycles. The summed E-state index contributed by atoms with van der Waals surface area (Å²) in [6, 6.07) is 4.78. The largest absolute Gasteiger partial charge is 0.353 e. The maximum atomic E-state index is 12.5. The molecule has 3 heterocycles. The molecule has 27 heavy (non-hydrogen) atoms. The molecular weight excluding hydrogens is 340 g/mol. The second-order valence-electron chi connectivity index (χ2n) is 8.27. The van der Waals surface area contributed by atoms with E-state index >= 15 is 0 Å². The third kappa shape index (κ3) is 4.86. The van der Waals surface area contributed by atoms with Gasteiger partial charge in [-0.15, -0.1) is 0 Å². The van der Waals surface area contributed by atoms with Crippen LogP contribution in [0.3, 0.4) is 0 Å². The lowest BCUT2D eigenvalue weighted by Gasteiger charge is -2.42. The minimum absolute atomic E-state index is 0.143. The van der Waals surface area contributed by atoms with Gasteiger partial charge in [-0.05, 0) is 56.7 Å². The van der Waals surface area contributed by atoms with Crippen molar-refractivity contribution in [1.29, 1.82) is 0 Å². The molecule has 0 aromatic carbocycles. The highest BCUT2D eigenvalue weighted by Gasteiger charge is 2.34. The first-order chi connectivity index (χ1) is 13.2. The third-order valence-corrected chi connectivity index (χ3v) is 6.16. The van der Waals surface area contributed by atoms with E-state index in [-0.39, 0.29) is 17.7 Å². The van der Waals surface area contributed by atoms with E-state index in [0.29, 0.717) is 18.5 Å². The Kier molecular flexibility index (Phi) is 5.72. The van der Waals surface area contributed by atoms with Gasteiger partial charge in [0.2, 0.25) is 11.8 Å². The molecule has 4 rings (SSSR count). The average molecular weight is 370 g/mol. The number of amides is 2. The zero-order valence-electron chi connectivity index (χ0n) is 16.0. The third-order valence-electron chi connectivity index (χ3n) is 6.16. The van der Waals surface area contributed by atoms with Crippen molar-refractivity contribution in [2.45, 2.75) is 57.0 Å². The molecule has 2 aliphatic heterocycles. The zero-order chi connectivity index (χ0) is 18.6. The zero-order valence-corrected chi connectivity index (χ0v) is 16.0. The molecule has 3 fully saturated rings. The Bertz CT molecular complexity index is 653. The van der Waals surface area contributed by atoms with Crippen LogP contribution in [0.2, 0.25) is 0 Å². The number of aromatic nitrogens is 1. The second kappa shape index (κ2) is 8.38. The summed E-state index contributed by atoms with van der Waals surface area (Å²) in [5, 5.41) is 3.17. The number of pyridine rings is 1. The Morgan fingerprint density at radius 1 is 1.11 bits per heavy atom. The van der Waals surface area contributed by atoms with Gasteiger partial charge in [-0.2, -0.15) is 0 Å². The van der Waals surface area contributed by atoms with Crippen molar-refractivity contribution in [2.24, 2.45) is 5.92 Å². The summed E-state index contributed by atoms with van der Waals surface area (Å²) < 4.78 is 0. The molecule has 0 bridgehead atoms. The monoisotopic (exact) mass is 370 g/mol. The molecule has 1 atom stereocenters. The van der Waals surface area contributed by atoms with E-state index in [0.717, 1.165) is 70.3 Å². The normalized spacial score (nSPS) is 24.6. The number of hydrogen-bond donors (Lipinski definition) is 1. The lowest BCUT2D eigenvalue weighted by atomic mass is 9.93. The Morgan fingerprint density at radius 3 is 2.63 bits per heavy atom. The van der Waals surface area contributed by atoms with Crippen molar-refractivity contribution >= 4 is 11.8 Å². The van der Waals surface area contributed by atoms with E-state index in [1.165, 1.54) is 0 Å². The van der Waals surface area contributed by atoms with Crippen LogP contribution in [0.25, 0.3) is 0 Å². The van der Waals surface area contributed by atoms with E-state index in [2.05, 4.69) is 15.2 Å². The van der Waals surface area contributed by atoms with E-state index in [1.54, 1.807) is 12.4 Å². The molecule has 0 radical (unpaired) electrons. The van der Waals surface area contributed by atoms with E-state index in [9.17, 15) is 9.59 Å². The van der Waals surface area contributed by atoms with E-state index in [4.69, 9.17) is 0 Å². The van der Waals surface area contributed by atoms with Gasteiger partial charge in [-0.25, -0.2) is 0 Å². The first kappa shape index (κ1) is 18.4. The van der Waals surface area contributed by atoms with Crippen molar-refractivity contribution in [3.05, 3.63) is 30.1 Å². The maximum Gasteiger partial charge on any atom is 0.227 e. The molecule has 1 aromatic rings. The minimum Gasteiger partial charge on any atom is -0.353 e. The highest BCUT2D eigenvalue weighted by atomic mass is 16.2. The second-order valence-corrected chi connectivity index (χ2v) is 8.27.